The maximum atomic E-state index is 13.0. The highest BCUT2D eigenvalue weighted by Crippen LogP contribution is 2.45. The van der Waals surface area contributed by atoms with E-state index in [0.717, 1.165) is 42.6 Å². The Morgan fingerprint density at radius 1 is 0.844 bits per heavy atom. The fourth-order valence-corrected chi connectivity index (χ4v) is 5.58. The van der Waals surface area contributed by atoms with Gasteiger partial charge in [0, 0.05) is 5.54 Å². The van der Waals surface area contributed by atoms with Crippen molar-refractivity contribution in [2.75, 3.05) is 20.0 Å². The first-order chi connectivity index (χ1) is 21.3. The highest BCUT2D eigenvalue weighted by Gasteiger charge is 2.47. The number of allylic oxidation sites excluding steroid dienone is 1. The number of hydrogen-bond donors (Lipinski definition) is 1. The van der Waals surface area contributed by atoms with Gasteiger partial charge in [-0.05, 0) is 93.0 Å². The predicted molar refractivity (Wildman–Crippen MR) is 181 cm³/mol. The fourth-order valence-electron chi connectivity index (χ4n) is 5.58. The largest absolute Gasteiger partial charge is 0.494 e. The summed E-state index contributed by atoms with van der Waals surface area (Å²) in [5.41, 5.74) is 7.30. The molecular weight excluding hydrogens is 564 g/mol. The topological polar surface area (TPSA) is 104 Å². The lowest BCUT2D eigenvalue weighted by atomic mass is 9.63. The minimum atomic E-state index is -0.613. The predicted octanol–water partition coefficient (Wildman–Crippen LogP) is 9.09. The Morgan fingerprint density at radius 2 is 1.42 bits per heavy atom. The molecular formula is C38H54N2O5. The van der Waals surface area contributed by atoms with Crippen LogP contribution < -0.4 is 19.9 Å². The molecule has 7 nitrogen and oxygen atoms in total. The van der Waals surface area contributed by atoms with E-state index in [1.54, 1.807) is 0 Å². The highest BCUT2D eigenvalue weighted by atomic mass is 16.7. The van der Waals surface area contributed by atoms with Gasteiger partial charge in [-0.25, -0.2) is 0 Å². The Hall–Kier alpha value is -3.50. The molecule has 2 N–H and O–H groups in total. The molecule has 1 aliphatic rings. The van der Waals surface area contributed by atoms with E-state index in [1.165, 1.54) is 32.1 Å². The van der Waals surface area contributed by atoms with E-state index in [1.807, 2.05) is 69.3 Å². The molecule has 1 atom stereocenters. The van der Waals surface area contributed by atoms with E-state index in [-0.39, 0.29) is 18.2 Å². The smallest absolute Gasteiger partial charge is 0.312 e. The van der Waals surface area contributed by atoms with Crippen LogP contribution >= 0.6 is 0 Å². The molecule has 0 radical (unpaired) electrons. The van der Waals surface area contributed by atoms with Gasteiger partial charge < -0.3 is 24.7 Å². The first-order valence-electron chi connectivity index (χ1n) is 16.5. The summed E-state index contributed by atoms with van der Waals surface area (Å²) >= 11 is 0. The number of esters is 1. The fraction of sp³-hybridized carbons (Fsp3) is 0.579. The highest BCUT2D eigenvalue weighted by molar-refractivity contribution is 5.90. The van der Waals surface area contributed by atoms with E-state index in [4.69, 9.17) is 24.7 Å². The summed E-state index contributed by atoms with van der Waals surface area (Å²) in [6, 6.07) is 15.7. The van der Waals surface area contributed by atoms with Gasteiger partial charge in [0.05, 0.1) is 30.3 Å². The number of rotatable bonds is 18. The molecule has 0 aliphatic carbocycles. The minimum Gasteiger partial charge on any atom is -0.494 e. The zero-order valence-electron chi connectivity index (χ0n) is 28.4. The van der Waals surface area contributed by atoms with Gasteiger partial charge in [-0.2, -0.15) is 5.26 Å². The zero-order chi connectivity index (χ0) is 32.9. The van der Waals surface area contributed by atoms with Gasteiger partial charge in [0.15, 0.2) is 11.5 Å². The Labute approximate surface area is 271 Å². The molecule has 0 bridgehead atoms. The molecule has 0 aromatic heterocycles. The molecule has 2 aromatic rings. The maximum Gasteiger partial charge on any atom is 0.312 e. The standard InChI is InChI=1S/C38H54N2O5/c1-36(2,3)38(6,27-37(4,5)40)35(41)43-23-15-13-11-9-7-8-10-12-14-22-42-32-19-16-29(17-20-32)24-31(26-39)30-18-21-33-34(25-30)45-28-44-33/h16-21,24-25H,7-15,22-23,27-28,40H2,1-6H3/b31-24+. The van der Waals surface area contributed by atoms with Gasteiger partial charge in [0.1, 0.15) is 5.75 Å². The molecule has 246 valence electrons. The lowest BCUT2D eigenvalue weighted by Crippen LogP contribution is -2.49. The molecule has 1 unspecified atom stereocenters. The van der Waals surface area contributed by atoms with E-state index < -0.39 is 11.0 Å². The van der Waals surface area contributed by atoms with E-state index in [2.05, 4.69) is 26.8 Å². The Balaban J connectivity index is 1.22. The molecule has 3 rings (SSSR count). The van der Waals surface area contributed by atoms with Gasteiger partial charge in [0.25, 0.3) is 0 Å². The van der Waals surface area contributed by atoms with Crippen molar-refractivity contribution in [3.05, 3.63) is 53.6 Å². The number of nitrogens with zero attached hydrogens (tertiary/aromatic N) is 1. The molecule has 0 saturated carbocycles. The summed E-state index contributed by atoms with van der Waals surface area (Å²) in [6.07, 6.45) is 12.7. The van der Waals surface area contributed by atoms with Crippen molar-refractivity contribution >= 4 is 17.6 Å². The summed E-state index contributed by atoms with van der Waals surface area (Å²) in [6.45, 7) is 13.6. The zero-order valence-corrected chi connectivity index (χ0v) is 28.4. The lowest BCUT2D eigenvalue weighted by Gasteiger charge is -2.43. The van der Waals surface area contributed by atoms with Crippen LogP contribution in [-0.4, -0.2) is 31.5 Å². The number of ether oxygens (including phenoxy) is 4. The van der Waals surface area contributed by atoms with Crippen LogP contribution in [0.1, 0.15) is 117 Å². The molecule has 0 fully saturated rings. The van der Waals surface area contributed by atoms with Crippen LogP contribution in [0.15, 0.2) is 42.5 Å². The van der Waals surface area contributed by atoms with Crippen LogP contribution in [-0.2, 0) is 9.53 Å². The molecule has 1 heterocycles. The molecule has 0 saturated heterocycles. The number of nitrogens with two attached hydrogens (primary N) is 1. The number of hydrogen-bond acceptors (Lipinski definition) is 7. The second-order valence-corrected chi connectivity index (χ2v) is 14.2. The van der Waals surface area contributed by atoms with Gasteiger partial charge in [-0.1, -0.05) is 77.8 Å². The SMILES string of the molecule is CC(C)(N)CC(C)(C(=O)OCCCCCCCCCCCOc1ccc(/C=C(\C#N)c2ccc3c(c2)OCO3)cc1)C(C)(C)C. The van der Waals surface area contributed by atoms with Crippen molar-refractivity contribution in [3.8, 4) is 23.3 Å². The molecule has 45 heavy (non-hydrogen) atoms. The van der Waals surface area contributed by atoms with E-state index >= 15 is 0 Å². The summed E-state index contributed by atoms with van der Waals surface area (Å²) < 4.78 is 22.4. The maximum absolute atomic E-state index is 13.0. The first kappa shape index (κ1) is 36.0. The Kier molecular flexibility index (Phi) is 13.4. The number of nitriles is 1. The minimum absolute atomic E-state index is 0.130. The number of unbranched alkanes of at least 4 members (excludes halogenated alkanes) is 8. The second-order valence-electron chi connectivity index (χ2n) is 14.2. The molecule has 1 aliphatic heterocycles. The number of carbonyl (C=O) groups excluding carboxylic acids is 1. The third-order valence-corrected chi connectivity index (χ3v) is 8.70. The number of carbonyl (C=O) groups is 1. The van der Waals surface area contributed by atoms with Crippen LogP contribution in [0.2, 0.25) is 0 Å². The third-order valence-electron chi connectivity index (χ3n) is 8.70. The average molecular weight is 619 g/mol. The molecule has 7 heteroatoms. The lowest BCUT2D eigenvalue weighted by molar-refractivity contribution is -0.164. The van der Waals surface area contributed by atoms with Crippen LogP contribution in [0.4, 0.5) is 0 Å². The summed E-state index contributed by atoms with van der Waals surface area (Å²) in [5, 5.41) is 9.68. The van der Waals surface area contributed by atoms with Gasteiger partial charge in [-0.3, -0.25) is 4.79 Å². The van der Waals surface area contributed by atoms with E-state index in [9.17, 15) is 10.1 Å². The average Bonchev–Trinajstić information content (AvgIpc) is 3.45. The van der Waals surface area contributed by atoms with Crippen LogP contribution in [0.3, 0.4) is 0 Å². The molecule has 0 spiro atoms. The summed E-state index contributed by atoms with van der Waals surface area (Å²) in [4.78, 5) is 13.0. The summed E-state index contributed by atoms with van der Waals surface area (Å²) in [7, 11) is 0. The molecule has 0 amide bonds. The van der Waals surface area contributed by atoms with Crippen LogP contribution in [0.25, 0.3) is 11.6 Å². The Bertz CT molecular complexity index is 1300. The van der Waals surface area contributed by atoms with Crippen molar-refractivity contribution in [2.45, 2.75) is 111 Å². The quantitative estimate of drug-likeness (QED) is 0.0769. The molecule has 2 aromatic carbocycles. The van der Waals surface area contributed by atoms with Crippen LogP contribution in [0, 0.1) is 22.2 Å². The van der Waals surface area contributed by atoms with Crippen molar-refractivity contribution in [2.24, 2.45) is 16.6 Å². The second kappa shape index (κ2) is 16.7. The first-order valence-corrected chi connectivity index (χ1v) is 16.5. The van der Waals surface area contributed by atoms with Gasteiger partial charge >= 0.3 is 5.97 Å². The van der Waals surface area contributed by atoms with Crippen LogP contribution in [0.5, 0.6) is 17.2 Å². The third kappa shape index (κ3) is 11.4. The normalized spacial score (nSPS) is 14.5. The van der Waals surface area contributed by atoms with Crippen molar-refractivity contribution in [1.29, 1.82) is 5.26 Å². The van der Waals surface area contributed by atoms with Gasteiger partial charge in [0.2, 0.25) is 6.79 Å². The van der Waals surface area contributed by atoms with E-state index in [0.29, 0.717) is 36.7 Å². The number of fused-ring (bicyclic) bond motifs is 1. The monoisotopic (exact) mass is 618 g/mol. The van der Waals surface area contributed by atoms with Crippen molar-refractivity contribution in [3.63, 3.8) is 0 Å². The van der Waals surface area contributed by atoms with Crippen molar-refractivity contribution < 1.29 is 23.7 Å². The van der Waals surface area contributed by atoms with Crippen molar-refractivity contribution in [1.82, 2.24) is 0 Å². The Morgan fingerprint density at radius 3 is 2.00 bits per heavy atom. The number of benzene rings is 2. The van der Waals surface area contributed by atoms with Gasteiger partial charge in [-0.15, -0.1) is 0 Å². The summed E-state index contributed by atoms with van der Waals surface area (Å²) in [5.74, 6) is 2.08.